The van der Waals surface area contributed by atoms with E-state index in [9.17, 15) is 29.4 Å². The van der Waals surface area contributed by atoms with Gasteiger partial charge in [-0.05, 0) is 42.3 Å². The minimum Gasteiger partial charge on any atom is -0.508 e. The molecular weight excluding hydrogens is 428 g/mol. The molecule has 0 saturated heterocycles. The molecule has 0 aliphatic rings. The van der Waals surface area contributed by atoms with Gasteiger partial charge < -0.3 is 31.9 Å². The number of hydrogen-bond acceptors (Lipinski definition) is 6. The van der Waals surface area contributed by atoms with Crippen LogP contribution in [0.1, 0.15) is 25.0 Å². The third-order valence-electron chi connectivity index (χ3n) is 4.86. The van der Waals surface area contributed by atoms with E-state index in [1.165, 1.54) is 38.1 Å². The zero-order valence-corrected chi connectivity index (χ0v) is 18.4. The van der Waals surface area contributed by atoms with Crippen LogP contribution in [-0.2, 0) is 32.0 Å². The molecule has 0 heterocycles. The molecule has 4 amide bonds. The molecule has 0 fully saturated rings. The molecule has 0 radical (unpaired) electrons. The summed E-state index contributed by atoms with van der Waals surface area (Å²) in [5.74, 6) is -2.29. The third-order valence-corrected chi connectivity index (χ3v) is 4.86. The fourth-order valence-corrected chi connectivity index (χ4v) is 3.11. The normalized spacial score (nSPS) is 13.3. The molecule has 3 atom stereocenters. The van der Waals surface area contributed by atoms with Crippen LogP contribution in [0.5, 0.6) is 11.5 Å². The van der Waals surface area contributed by atoms with Crippen LogP contribution in [0.15, 0.2) is 48.5 Å². The van der Waals surface area contributed by atoms with Gasteiger partial charge in [-0.1, -0.05) is 24.3 Å². The SMILES string of the molecule is CC(=O)N[C@@H](C)C(=O)N[C@@H](Cc1ccc(O)cc1)C(=O)N[C@@H](Cc1ccc(O)cc1)C(N)=O. The summed E-state index contributed by atoms with van der Waals surface area (Å²) in [6.45, 7) is 2.74. The molecule has 2 aromatic rings. The number of aromatic hydroxyl groups is 2. The quantitative estimate of drug-likeness (QED) is 0.291. The highest BCUT2D eigenvalue weighted by atomic mass is 16.3. The topological polar surface area (TPSA) is 171 Å². The lowest BCUT2D eigenvalue weighted by Crippen LogP contribution is -2.56. The second kappa shape index (κ2) is 11.5. The molecule has 10 nitrogen and oxygen atoms in total. The Labute approximate surface area is 191 Å². The van der Waals surface area contributed by atoms with Gasteiger partial charge in [-0.25, -0.2) is 0 Å². The summed E-state index contributed by atoms with van der Waals surface area (Å²) in [4.78, 5) is 48.8. The molecule has 0 aliphatic carbocycles. The maximum Gasteiger partial charge on any atom is 0.243 e. The van der Waals surface area contributed by atoms with Crippen LogP contribution in [0.3, 0.4) is 0 Å². The van der Waals surface area contributed by atoms with Crippen molar-refractivity contribution in [3.8, 4) is 11.5 Å². The number of carbonyl (C=O) groups excluding carboxylic acids is 4. The average Bonchev–Trinajstić information content (AvgIpc) is 2.75. The van der Waals surface area contributed by atoms with E-state index < -0.39 is 41.8 Å². The lowest BCUT2D eigenvalue weighted by Gasteiger charge is -2.24. The maximum absolute atomic E-state index is 13.0. The fraction of sp³-hybridized carbons (Fsp3) is 0.304. The van der Waals surface area contributed by atoms with E-state index in [0.717, 1.165) is 0 Å². The van der Waals surface area contributed by atoms with Crippen molar-refractivity contribution in [1.29, 1.82) is 0 Å². The average molecular weight is 456 g/mol. The summed E-state index contributed by atoms with van der Waals surface area (Å²) in [5.41, 5.74) is 6.78. The highest BCUT2D eigenvalue weighted by Gasteiger charge is 2.28. The second-order valence-corrected chi connectivity index (χ2v) is 7.69. The van der Waals surface area contributed by atoms with Gasteiger partial charge in [0.1, 0.15) is 29.6 Å². The van der Waals surface area contributed by atoms with Gasteiger partial charge >= 0.3 is 0 Å². The number of phenolic OH excluding ortho intramolecular Hbond substituents is 2. The first-order valence-electron chi connectivity index (χ1n) is 10.3. The molecular formula is C23H28N4O6. The summed E-state index contributed by atoms with van der Waals surface area (Å²) < 4.78 is 0. The zero-order valence-electron chi connectivity index (χ0n) is 18.4. The molecule has 2 aromatic carbocycles. The Morgan fingerprint density at radius 1 is 0.758 bits per heavy atom. The monoisotopic (exact) mass is 456 g/mol. The van der Waals surface area contributed by atoms with E-state index in [4.69, 9.17) is 5.73 Å². The van der Waals surface area contributed by atoms with Crippen LogP contribution >= 0.6 is 0 Å². The summed E-state index contributed by atoms with van der Waals surface area (Å²) >= 11 is 0. The van der Waals surface area contributed by atoms with Crippen molar-refractivity contribution in [2.45, 2.75) is 44.8 Å². The number of amides is 4. The summed E-state index contributed by atoms with van der Waals surface area (Å²) in [7, 11) is 0. The number of hydrogen-bond donors (Lipinski definition) is 6. The molecule has 0 unspecified atom stereocenters. The molecule has 33 heavy (non-hydrogen) atoms. The van der Waals surface area contributed by atoms with Crippen LogP contribution in [0.4, 0.5) is 0 Å². The molecule has 0 aromatic heterocycles. The summed E-state index contributed by atoms with van der Waals surface area (Å²) in [5, 5.41) is 26.5. The van der Waals surface area contributed by atoms with Gasteiger partial charge in [0.2, 0.25) is 23.6 Å². The van der Waals surface area contributed by atoms with Crippen LogP contribution in [-0.4, -0.2) is 52.0 Å². The zero-order chi connectivity index (χ0) is 24.5. The Balaban J connectivity index is 2.19. The van der Waals surface area contributed by atoms with Gasteiger partial charge in [0.05, 0.1) is 0 Å². The van der Waals surface area contributed by atoms with Gasteiger partial charge in [0, 0.05) is 19.8 Å². The Morgan fingerprint density at radius 2 is 1.18 bits per heavy atom. The predicted octanol–water partition coefficient (Wildman–Crippen LogP) is -0.137. The van der Waals surface area contributed by atoms with Crippen molar-refractivity contribution in [2.24, 2.45) is 5.73 Å². The number of carbonyl (C=O) groups is 4. The number of rotatable bonds is 10. The van der Waals surface area contributed by atoms with E-state index in [-0.39, 0.29) is 24.3 Å². The molecule has 0 saturated carbocycles. The minimum atomic E-state index is -1.08. The fourth-order valence-electron chi connectivity index (χ4n) is 3.11. The summed E-state index contributed by atoms with van der Waals surface area (Å²) in [6, 6.07) is 9.16. The standard InChI is InChI=1S/C23H28N4O6/c1-13(25-14(2)28)22(32)27-20(12-16-5-9-18(30)10-6-16)23(33)26-19(21(24)31)11-15-3-7-17(29)8-4-15/h3-10,13,19-20,29-30H,11-12H2,1-2H3,(H2,24,31)(H,25,28)(H,26,33)(H,27,32)/t13-,19-,20-/m0/s1. The highest BCUT2D eigenvalue weighted by molar-refractivity contribution is 5.93. The van der Waals surface area contributed by atoms with Gasteiger partial charge in [-0.2, -0.15) is 0 Å². The van der Waals surface area contributed by atoms with Crippen LogP contribution in [0, 0.1) is 0 Å². The lowest BCUT2D eigenvalue weighted by molar-refractivity contribution is -0.132. The predicted molar refractivity (Wildman–Crippen MR) is 120 cm³/mol. The minimum absolute atomic E-state index is 0.0470. The maximum atomic E-state index is 13.0. The molecule has 0 aliphatic heterocycles. The van der Waals surface area contributed by atoms with Crippen molar-refractivity contribution < 1.29 is 29.4 Å². The molecule has 176 valence electrons. The first-order chi connectivity index (χ1) is 15.5. The summed E-state index contributed by atoms with van der Waals surface area (Å²) in [6.07, 6.45) is 0.152. The van der Waals surface area contributed by atoms with E-state index in [1.807, 2.05) is 0 Å². The molecule has 0 spiro atoms. The van der Waals surface area contributed by atoms with Crippen molar-refractivity contribution in [2.75, 3.05) is 0 Å². The Morgan fingerprint density at radius 3 is 1.61 bits per heavy atom. The van der Waals surface area contributed by atoms with Crippen molar-refractivity contribution in [1.82, 2.24) is 16.0 Å². The largest absolute Gasteiger partial charge is 0.508 e. The molecule has 7 N–H and O–H groups in total. The number of phenols is 2. The van der Waals surface area contributed by atoms with E-state index in [2.05, 4.69) is 16.0 Å². The first-order valence-corrected chi connectivity index (χ1v) is 10.3. The smallest absolute Gasteiger partial charge is 0.243 e. The van der Waals surface area contributed by atoms with Crippen LogP contribution < -0.4 is 21.7 Å². The number of nitrogens with two attached hydrogens (primary N) is 1. The first kappa shape index (κ1) is 25.2. The van der Waals surface area contributed by atoms with Gasteiger partial charge in [-0.3, -0.25) is 19.2 Å². The van der Waals surface area contributed by atoms with Crippen molar-refractivity contribution in [3.63, 3.8) is 0 Å². The molecule has 2 rings (SSSR count). The Bertz CT molecular complexity index is 991. The second-order valence-electron chi connectivity index (χ2n) is 7.69. The highest BCUT2D eigenvalue weighted by Crippen LogP contribution is 2.13. The van der Waals surface area contributed by atoms with Gasteiger partial charge in [0.15, 0.2) is 0 Å². The molecule has 10 heteroatoms. The van der Waals surface area contributed by atoms with Crippen LogP contribution in [0.2, 0.25) is 0 Å². The number of primary amides is 1. The van der Waals surface area contributed by atoms with Crippen molar-refractivity contribution >= 4 is 23.6 Å². The lowest BCUT2D eigenvalue weighted by atomic mass is 10.0. The number of benzene rings is 2. The number of nitrogens with one attached hydrogen (secondary N) is 3. The van der Waals surface area contributed by atoms with E-state index in [1.54, 1.807) is 24.3 Å². The van der Waals surface area contributed by atoms with Gasteiger partial charge in [0.25, 0.3) is 0 Å². The van der Waals surface area contributed by atoms with Crippen LogP contribution in [0.25, 0.3) is 0 Å². The van der Waals surface area contributed by atoms with E-state index >= 15 is 0 Å². The Hall–Kier alpha value is -4.08. The Kier molecular flexibility index (Phi) is 8.79. The molecule has 0 bridgehead atoms. The van der Waals surface area contributed by atoms with E-state index in [0.29, 0.717) is 11.1 Å². The van der Waals surface area contributed by atoms with Gasteiger partial charge in [-0.15, -0.1) is 0 Å². The third kappa shape index (κ3) is 8.17. The van der Waals surface area contributed by atoms with Crippen molar-refractivity contribution in [3.05, 3.63) is 59.7 Å².